The van der Waals surface area contributed by atoms with Crippen molar-refractivity contribution in [2.75, 3.05) is 19.4 Å². The zero-order chi connectivity index (χ0) is 18.1. The lowest BCUT2D eigenvalue weighted by Gasteiger charge is -2.36. The number of allylic oxidation sites excluding steroid dienone is 3. The number of rotatable bonds is 8. The molecule has 2 unspecified atom stereocenters. The Morgan fingerprint density at radius 1 is 1.17 bits per heavy atom. The Kier molecular flexibility index (Phi) is 5.87. The smallest absolute Gasteiger partial charge is 0.334 e. The van der Waals surface area contributed by atoms with E-state index in [9.17, 15) is 4.57 Å². The number of epoxide rings is 1. The van der Waals surface area contributed by atoms with Crippen LogP contribution in [0.1, 0.15) is 60.8 Å². The van der Waals surface area contributed by atoms with Gasteiger partial charge in [0.2, 0.25) is 0 Å². The van der Waals surface area contributed by atoms with Gasteiger partial charge < -0.3 is 13.8 Å². The molecule has 0 amide bonds. The van der Waals surface area contributed by atoms with Crippen molar-refractivity contribution < 1.29 is 18.3 Å². The van der Waals surface area contributed by atoms with Gasteiger partial charge in [0, 0.05) is 5.41 Å². The third kappa shape index (κ3) is 3.72. The summed E-state index contributed by atoms with van der Waals surface area (Å²) in [6.07, 6.45) is 10.1. The summed E-state index contributed by atoms with van der Waals surface area (Å²) in [6.45, 7) is 13.3. The highest BCUT2D eigenvalue weighted by atomic mass is 31.2. The first-order valence-corrected chi connectivity index (χ1v) is 10.8. The number of fused-ring (bicyclic) bond motifs is 1. The maximum absolute atomic E-state index is 12.5. The molecule has 2 rings (SSSR count). The molecule has 138 valence electrons. The van der Waals surface area contributed by atoms with Crippen molar-refractivity contribution in [1.29, 1.82) is 0 Å². The molecule has 2 fully saturated rings. The Morgan fingerprint density at radius 3 is 2.33 bits per heavy atom. The fourth-order valence-electron chi connectivity index (χ4n) is 4.02. The molecule has 0 bridgehead atoms. The van der Waals surface area contributed by atoms with E-state index in [0.717, 1.165) is 12.0 Å². The molecule has 5 heteroatoms. The van der Waals surface area contributed by atoms with Crippen molar-refractivity contribution in [2.24, 2.45) is 5.41 Å². The zero-order valence-corrected chi connectivity index (χ0v) is 16.9. The van der Waals surface area contributed by atoms with Gasteiger partial charge in [-0.3, -0.25) is 4.57 Å². The Bertz CT molecular complexity index is 556. The van der Waals surface area contributed by atoms with Gasteiger partial charge in [0.1, 0.15) is 5.60 Å². The van der Waals surface area contributed by atoms with E-state index >= 15 is 0 Å². The molecule has 1 heterocycles. The van der Waals surface area contributed by atoms with Crippen molar-refractivity contribution in [3.8, 4) is 0 Å². The van der Waals surface area contributed by atoms with E-state index in [1.165, 1.54) is 12.8 Å². The summed E-state index contributed by atoms with van der Waals surface area (Å²) in [7, 11) is -3.02. The van der Waals surface area contributed by atoms with Crippen LogP contribution in [0.2, 0.25) is 0 Å². The van der Waals surface area contributed by atoms with E-state index in [2.05, 4.69) is 32.9 Å². The first kappa shape index (κ1) is 19.9. The van der Waals surface area contributed by atoms with E-state index < -0.39 is 7.60 Å². The van der Waals surface area contributed by atoms with Gasteiger partial charge in [0.15, 0.2) is 0 Å². The second-order valence-electron chi connectivity index (χ2n) is 7.72. The Morgan fingerprint density at radius 2 is 1.79 bits per heavy atom. The summed E-state index contributed by atoms with van der Waals surface area (Å²) in [4.78, 5) is 0. The lowest BCUT2D eigenvalue weighted by molar-refractivity contribution is 0.165. The minimum atomic E-state index is -3.02. The first-order valence-electron chi connectivity index (χ1n) is 9.08. The largest absolute Gasteiger partial charge is 0.358 e. The van der Waals surface area contributed by atoms with Crippen LogP contribution in [0.5, 0.6) is 0 Å². The van der Waals surface area contributed by atoms with Gasteiger partial charge in [-0.2, -0.15) is 0 Å². The number of ether oxygens (including phenoxy) is 1. The van der Waals surface area contributed by atoms with E-state index in [1.54, 1.807) is 0 Å². The molecule has 4 nitrogen and oxygen atoms in total. The van der Waals surface area contributed by atoms with Gasteiger partial charge in [-0.15, -0.1) is 0 Å². The fourth-order valence-corrected chi connectivity index (χ4v) is 5.60. The summed E-state index contributed by atoms with van der Waals surface area (Å²) >= 11 is 0. The Balaban J connectivity index is 2.07. The molecule has 1 aliphatic carbocycles. The third-order valence-corrected chi connectivity index (χ3v) is 7.39. The van der Waals surface area contributed by atoms with E-state index in [-0.39, 0.29) is 16.6 Å². The van der Waals surface area contributed by atoms with Crippen LogP contribution in [-0.4, -0.2) is 30.6 Å². The minimum absolute atomic E-state index is 0.0303. The van der Waals surface area contributed by atoms with Crippen LogP contribution in [0, 0.1) is 5.41 Å². The molecule has 2 aliphatic rings. The summed E-state index contributed by atoms with van der Waals surface area (Å²) in [5.41, 5.74) is 1.00. The highest BCUT2D eigenvalue weighted by Crippen LogP contribution is 2.66. The third-order valence-electron chi connectivity index (χ3n) is 5.46. The topological polar surface area (TPSA) is 48.1 Å². The summed E-state index contributed by atoms with van der Waals surface area (Å²) < 4.78 is 29.4. The molecule has 1 saturated carbocycles. The lowest BCUT2D eigenvalue weighted by atomic mass is 9.64. The number of hydrogen-bond donors (Lipinski definition) is 0. The van der Waals surface area contributed by atoms with Gasteiger partial charge in [-0.1, -0.05) is 31.6 Å². The highest BCUT2D eigenvalue weighted by Gasteiger charge is 2.73. The minimum Gasteiger partial charge on any atom is -0.358 e. The van der Waals surface area contributed by atoms with Crippen LogP contribution in [0.4, 0.5) is 0 Å². The van der Waals surface area contributed by atoms with Crippen molar-refractivity contribution in [3.05, 3.63) is 23.8 Å². The van der Waals surface area contributed by atoms with Gasteiger partial charge in [0.25, 0.3) is 0 Å². The molecule has 2 atom stereocenters. The Labute approximate surface area is 147 Å². The van der Waals surface area contributed by atoms with E-state index in [0.29, 0.717) is 19.4 Å². The lowest BCUT2D eigenvalue weighted by Crippen LogP contribution is -2.41. The highest BCUT2D eigenvalue weighted by molar-refractivity contribution is 7.54. The monoisotopic (exact) mass is 356 g/mol. The molecule has 1 aliphatic heterocycles. The molecule has 0 aromatic rings. The van der Waals surface area contributed by atoms with Crippen LogP contribution < -0.4 is 0 Å². The van der Waals surface area contributed by atoms with Gasteiger partial charge in [0.05, 0.1) is 25.0 Å². The predicted molar refractivity (Wildman–Crippen MR) is 98.5 cm³/mol. The molecule has 0 radical (unpaired) electrons. The summed E-state index contributed by atoms with van der Waals surface area (Å²) in [5.74, 6) is 0. The maximum atomic E-state index is 12.5. The zero-order valence-electron chi connectivity index (χ0n) is 16.1. The van der Waals surface area contributed by atoms with Crippen LogP contribution in [-0.2, 0) is 18.3 Å². The van der Waals surface area contributed by atoms with Gasteiger partial charge >= 0.3 is 7.60 Å². The first-order chi connectivity index (χ1) is 11.1. The molecule has 0 aromatic heterocycles. The second-order valence-corrected chi connectivity index (χ2v) is 9.82. The van der Waals surface area contributed by atoms with Crippen LogP contribution in [0.15, 0.2) is 23.8 Å². The standard InChI is InChI=1S/C19H33O4P/c1-7-21-24(20,22-8-2)15-11-16(3)10-14-19-17(4,5)12-9-13-18(19,6)23-19/h10-11,14H,7-9,12-13,15H2,1-6H3/b14-10+,16-11+. The molecular weight excluding hydrogens is 323 g/mol. The van der Waals surface area contributed by atoms with Crippen LogP contribution in [0.25, 0.3) is 0 Å². The molecule has 0 aromatic carbocycles. The fraction of sp³-hybridized carbons (Fsp3) is 0.789. The Hall–Kier alpha value is -0.410. The second kappa shape index (κ2) is 7.07. The van der Waals surface area contributed by atoms with Crippen molar-refractivity contribution in [2.45, 2.75) is 72.0 Å². The SMILES string of the molecule is CCOP(=O)(C/C=C(C)/C=C/C12OC1(C)CCCC2(C)C)OCC. The van der Waals surface area contributed by atoms with Crippen LogP contribution >= 0.6 is 7.60 Å². The van der Waals surface area contributed by atoms with Gasteiger partial charge in [-0.05, 0) is 53.0 Å². The summed E-state index contributed by atoms with van der Waals surface area (Å²) in [5, 5.41) is 0. The van der Waals surface area contributed by atoms with Crippen molar-refractivity contribution >= 4 is 7.60 Å². The quantitative estimate of drug-likeness (QED) is 0.328. The molecule has 1 saturated heterocycles. The molecule has 0 spiro atoms. The number of hydrogen-bond acceptors (Lipinski definition) is 4. The van der Waals surface area contributed by atoms with E-state index in [4.69, 9.17) is 13.8 Å². The van der Waals surface area contributed by atoms with E-state index in [1.807, 2.05) is 26.8 Å². The molecular formula is C19H33O4P. The predicted octanol–water partition coefficient (Wildman–Crippen LogP) is 5.49. The summed E-state index contributed by atoms with van der Waals surface area (Å²) in [6, 6.07) is 0. The van der Waals surface area contributed by atoms with Crippen molar-refractivity contribution in [3.63, 3.8) is 0 Å². The maximum Gasteiger partial charge on any atom is 0.334 e. The van der Waals surface area contributed by atoms with Crippen LogP contribution in [0.3, 0.4) is 0 Å². The molecule has 0 N–H and O–H groups in total. The van der Waals surface area contributed by atoms with Gasteiger partial charge in [-0.25, -0.2) is 0 Å². The molecule has 24 heavy (non-hydrogen) atoms. The average Bonchev–Trinajstić information content (AvgIpc) is 3.11. The average molecular weight is 356 g/mol. The van der Waals surface area contributed by atoms with Crippen molar-refractivity contribution in [1.82, 2.24) is 0 Å². The normalized spacial score (nSPS) is 32.8.